The van der Waals surface area contributed by atoms with Gasteiger partial charge in [-0.15, -0.1) is 0 Å². The summed E-state index contributed by atoms with van der Waals surface area (Å²) < 4.78 is 21.9. The van der Waals surface area contributed by atoms with Crippen LogP contribution in [0.5, 0.6) is 11.5 Å². The molecule has 1 unspecified atom stereocenters. The summed E-state index contributed by atoms with van der Waals surface area (Å²) in [6.45, 7) is 10.2. The molecular weight excluding hydrogens is 592 g/mol. The van der Waals surface area contributed by atoms with E-state index in [0.717, 1.165) is 63.6 Å². The zero-order valence-electron chi connectivity index (χ0n) is 27.1. The van der Waals surface area contributed by atoms with E-state index >= 15 is 0 Å². The van der Waals surface area contributed by atoms with E-state index in [1.54, 1.807) is 27.0 Å². The van der Waals surface area contributed by atoms with Crippen molar-refractivity contribution in [3.63, 3.8) is 0 Å². The molecular formula is C34H44N4O8. The number of allylic oxidation sites excluding steroid dienone is 2. The lowest BCUT2D eigenvalue weighted by Gasteiger charge is -2.34. The lowest BCUT2D eigenvalue weighted by molar-refractivity contribution is -0.384. The maximum Gasteiger partial charge on any atom is 0.336 e. The summed E-state index contributed by atoms with van der Waals surface area (Å²) in [7, 11) is 2.90. The number of rotatable bonds is 15. The van der Waals surface area contributed by atoms with Crippen LogP contribution in [0.4, 0.5) is 5.69 Å². The van der Waals surface area contributed by atoms with Gasteiger partial charge in [-0.2, -0.15) is 0 Å². The quantitative estimate of drug-likeness (QED) is 0.129. The van der Waals surface area contributed by atoms with Gasteiger partial charge in [0.2, 0.25) is 0 Å². The molecule has 2 aromatic carbocycles. The van der Waals surface area contributed by atoms with Gasteiger partial charge >= 0.3 is 11.9 Å². The second kappa shape index (κ2) is 16.8. The fraction of sp³-hybridized carbons (Fsp3) is 0.471. The molecule has 12 nitrogen and oxygen atoms in total. The summed E-state index contributed by atoms with van der Waals surface area (Å²) in [5.74, 6) is -0.555. The number of nitro benzene ring substituents is 1. The third kappa shape index (κ3) is 8.85. The Morgan fingerprint density at radius 2 is 1.48 bits per heavy atom. The summed E-state index contributed by atoms with van der Waals surface area (Å²) in [4.78, 5) is 42.1. The number of benzene rings is 2. The molecule has 2 heterocycles. The lowest BCUT2D eigenvalue weighted by Crippen LogP contribution is -2.46. The maximum atomic E-state index is 13.4. The Bertz CT molecular complexity index is 1450. The minimum absolute atomic E-state index is 0.137. The van der Waals surface area contributed by atoms with Gasteiger partial charge in [-0.3, -0.25) is 10.1 Å². The van der Waals surface area contributed by atoms with Crippen LogP contribution in [0.2, 0.25) is 0 Å². The van der Waals surface area contributed by atoms with Crippen LogP contribution in [0.15, 0.2) is 71.1 Å². The number of methoxy groups -OCH3 is 2. The first kappa shape index (κ1) is 34.5. The number of hydrogen-bond acceptors (Lipinski definition) is 11. The second-order valence-corrected chi connectivity index (χ2v) is 11.4. The van der Waals surface area contributed by atoms with Crippen LogP contribution >= 0.6 is 0 Å². The number of non-ortho nitro benzene ring substituents is 1. The van der Waals surface area contributed by atoms with E-state index in [-0.39, 0.29) is 23.4 Å². The van der Waals surface area contributed by atoms with Gasteiger partial charge in [0.05, 0.1) is 49.4 Å². The van der Waals surface area contributed by atoms with E-state index in [1.165, 1.54) is 25.3 Å². The molecule has 0 saturated carbocycles. The first-order valence-corrected chi connectivity index (χ1v) is 15.6. The predicted octanol–water partition coefficient (Wildman–Crippen LogP) is 4.42. The molecule has 0 spiro atoms. The number of carbonyl (C=O) groups excluding carboxylic acids is 2. The summed E-state index contributed by atoms with van der Waals surface area (Å²) in [6.07, 6.45) is 2.50. The highest BCUT2D eigenvalue weighted by Crippen LogP contribution is 2.40. The Morgan fingerprint density at radius 3 is 2.11 bits per heavy atom. The molecule has 0 aromatic heterocycles. The van der Waals surface area contributed by atoms with Crippen LogP contribution in [0.3, 0.4) is 0 Å². The minimum atomic E-state index is -0.870. The molecule has 2 aliphatic heterocycles. The monoisotopic (exact) mass is 636 g/mol. The van der Waals surface area contributed by atoms with Crippen LogP contribution in [0, 0.1) is 10.1 Å². The number of esters is 2. The van der Waals surface area contributed by atoms with Crippen LogP contribution in [0.25, 0.3) is 0 Å². The van der Waals surface area contributed by atoms with Gasteiger partial charge in [-0.05, 0) is 57.4 Å². The van der Waals surface area contributed by atoms with Crippen LogP contribution < -0.4 is 14.8 Å². The average molecular weight is 637 g/mol. The number of nitrogens with one attached hydrogen (secondary N) is 1. The number of hydrogen-bond donors (Lipinski definition) is 1. The molecule has 4 rings (SSSR count). The smallest absolute Gasteiger partial charge is 0.336 e. The number of ether oxygens (including phenoxy) is 4. The number of unbranched alkanes of at least 4 members (excludes halogenated alkanes) is 1. The van der Waals surface area contributed by atoms with Gasteiger partial charge in [0, 0.05) is 56.3 Å². The lowest BCUT2D eigenvalue weighted by atomic mass is 9.80. The molecule has 0 bridgehead atoms. The predicted molar refractivity (Wildman–Crippen MR) is 173 cm³/mol. The van der Waals surface area contributed by atoms with Crippen LogP contribution in [-0.4, -0.2) is 93.4 Å². The third-order valence-electron chi connectivity index (χ3n) is 8.31. The Hall–Kier alpha value is -4.42. The van der Waals surface area contributed by atoms with Crippen molar-refractivity contribution >= 4 is 17.6 Å². The van der Waals surface area contributed by atoms with Gasteiger partial charge in [-0.25, -0.2) is 9.59 Å². The van der Waals surface area contributed by atoms with Gasteiger partial charge < -0.3 is 34.1 Å². The molecule has 1 fully saturated rings. The van der Waals surface area contributed by atoms with Crippen molar-refractivity contribution in [3.8, 4) is 11.5 Å². The zero-order valence-corrected chi connectivity index (χ0v) is 27.1. The summed E-state index contributed by atoms with van der Waals surface area (Å²) >= 11 is 0. The number of piperazine rings is 1. The molecule has 46 heavy (non-hydrogen) atoms. The van der Waals surface area contributed by atoms with Crippen molar-refractivity contribution in [3.05, 3.63) is 86.7 Å². The molecule has 1 N–H and O–H groups in total. The van der Waals surface area contributed by atoms with Crippen molar-refractivity contribution in [2.75, 3.05) is 66.7 Å². The topological polar surface area (TPSA) is 133 Å². The van der Waals surface area contributed by atoms with E-state index < -0.39 is 22.8 Å². The van der Waals surface area contributed by atoms with Gasteiger partial charge in [-0.1, -0.05) is 24.3 Å². The van der Waals surface area contributed by atoms with Crippen molar-refractivity contribution in [2.24, 2.45) is 0 Å². The standard InChI is InChI=1S/C34H44N4O8/c1-24-30(33(39)44-4)32(26-11-9-12-27(23-26)38(41)42)31(25(2)35-24)34(40)46-21-8-7-15-36-17-19-37(20-18-36)16-10-22-45-29-14-6-5-13-28(29)43-3/h5-6,9,11-14,23,32,35H,7-8,10,15-22H2,1-4H3. The van der Waals surface area contributed by atoms with Gasteiger partial charge in [0.25, 0.3) is 5.69 Å². The number of para-hydroxylation sites is 2. The van der Waals surface area contributed by atoms with E-state index in [2.05, 4.69) is 15.1 Å². The van der Waals surface area contributed by atoms with Crippen molar-refractivity contribution in [1.29, 1.82) is 0 Å². The molecule has 2 aromatic rings. The molecule has 0 aliphatic carbocycles. The van der Waals surface area contributed by atoms with Crippen molar-refractivity contribution < 1.29 is 33.5 Å². The van der Waals surface area contributed by atoms with Crippen LogP contribution in [-0.2, 0) is 19.1 Å². The SMILES string of the molecule is COC(=O)C1=C(C)NC(C)=C(C(=O)OCCCCN2CCN(CCCOc3ccccc3OC)CC2)C1c1cccc([N+](=O)[O-])c1. The maximum absolute atomic E-state index is 13.4. The zero-order chi connectivity index (χ0) is 33.1. The second-order valence-electron chi connectivity index (χ2n) is 11.4. The molecule has 2 aliphatic rings. The van der Waals surface area contributed by atoms with E-state index in [1.807, 2.05) is 24.3 Å². The highest BCUT2D eigenvalue weighted by Gasteiger charge is 2.38. The van der Waals surface area contributed by atoms with Crippen molar-refractivity contribution in [1.82, 2.24) is 15.1 Å². The van der Waals surface area contributed by atoms with Gasteiger partial charge in [0.15, 0.2) is 11.5 Å². The Kier molecular flexibility index (Phi) is 12.6. The van der Waals surface area contributed by atoms with Crippen LogP contribution in [0.1, 0.15) is 44.6 Å². The first-order chi connectivity index (χ1) is 22.2. The minimum Gasteiger partial charge on any atom is -0.493 e. The van der Waals surface area contributed by atoms with Gasteiger partial charge in [0.1, 0.15) is 0 Å². The molecule has 0 amide bonds. The van der Waals surface area contributed by atoms with E-state index in [4.69, 9.17) is 18.9 Å². The van der Waals surface area contributed by atoms with E-state index in [9.17, 15) is 19.7 Å². The molecule has 12 heteroatoms. The van der Waals surface area contributed by atoms with E-state index in [0.29, 0.717) is 30.0 Å². The summed E-state index contributed by atoms with van der Waals surface area (Å²) in [5.41, 5.74) is 1.78. The highest BCUT2D eigenvalue weighted by atomic mass is 16.6. The summed E-state index contributed by atoms with van der Waals surface area (Å²) in [5, 5.41) is 14.6. The molecule has 1 saturated heterocycles. The molecule has 0 radical (unpaired) electrons. The normalized spacial score (nSPS) is 17.3. The fourth-order valence-corrected chi connectivity index (χ4v) is 5.92. The Labute approximate surface area is 270 Å². The van der Waals surface area contributed by atoms with Crippen molar-refractivity contribution in [2.45, 2.75) is 39.0 Å². The third-order valence-corrected chi connectivity index (χ3v) is 8.31. The first-order valence-electron chi connectivity index (χ1n) is 15.6. The Balaban J connectivity index is 1.22. The Morgan fingerprint density at radius 1 is 0.848 bits per heavy atom. The average Bonchev–Trinajstić information content (AvgIpc) is 3.06. The number of nitrogens with zero attached hydrogens (tertiary/aromatic N) is 3. The fourth-order valence-electron chi connectivity index (χ4n) is 5.92. The number of dihydropyridines is 1. The largest absolute Gasteiger partial charge is 0.493 e. The molecule has 248 valence electrons. The summed E-state index contributed by atoms with van der Waals surface area (Å²) in [6, 6.07) is 13.6. The number of nitro groups is 1. The highest BCUT2D eigenvalue weighted by molar-refractivity contribution is 5.99. The number of carbonyl (C=O) groups is 2. The molecule has 1 atom stereocenters.